The molecule has 1 N–H and O–H groups in total. The maximum atomic E-state index is 11.7. The summed E-state index contributed by atoms with van der Waals surface area (Å²) in [5, 5.41) is 4.69. The molecule has 0 spiro atoms. The van der Waals surface area contributed by atoms with Gasteiger partial charge in [-0.05, 0) is 57.9 Å². The van der Waals surface area contributed by atoms with Gasteiger partial charge in [0.15, 0.2) is 6.61 Å². The smallest absolute Gasteiger partial charge is 0.277 e. The second kappa shape index (κ2) is 8.92. The van der Waals surface area contributed by atoms with Crippen molar-refractivity contribution in [3.63, 3.8) is 0 Å². The van der Waals surface area contributed by atoms with Crippen molar-refractivity contribution in [2.75, 3.05) is 13.7 Å². The summed E-state index contributed by atoms with van der Waals surface area (Å²) in [5.41, 5.74) is 3.17. The van der Waals surface area contributed by atoms with E-state index in [4.69, 9.17) is 32.7 Å². The van der Waals surface area contributed by atoms with Crippen LogP contribution in [0.4, 0.5) is 0 Å². The first-order chi connectivity index (χ1) is 11.5. The predicted octanol–water partition coefficient (Wildman–Crippen LogP) is 4.29. The molecule has 0 saturated heterocycles. The van der Waals surface area contributed by atoms with Gasteiger partial charge in [0, 0.05) is 5.02 Å². The van der Waals surface area contributed by atoms with E-state index in [2.05, 4.69) is 26.5 Å². The lowest BCUT2D eigenvalue weighted by Gasteiger charge is -2.07. The summed E-state index contributed by atoms with van der Waals surface area (Å²) in [4.78, 5) is 11.7. The molecule has 0 saturated carbocycles. The highest BCUT2D eigenvalue weighted by molar-refractivity contribution is 9.10. The Morgan fingerprint density at radius 1 is 1.25 bits per heavy atom. The number of hydrazone groups is 1. The number of benzene rings is 2. The summed E-state index contributed by atoms with van der Waals surface area (Å²) in [6.45, 7) is -0.217. The third-order valence-corrected chi connectivity index (χ3v) is 3.98. The van der Waals surface area contributed by atoms with Crippen LogP contribution in [-0.2, 0) is 4.79 Å². The number of rotatable bonds is 6. The van der Waals surface area contributed by atoms with Gasteiger partial charge in [-0.1, -0.05) is 23.2 Å². The van der Waals surface area contributed by atoms with E-state index in [1.807, 2.05) is 12.1 Å². The Bertz CT molecular complexity index is 769. The SMILES string of the molecule is COc1ccc(C=NNC(=O)COc2ccc(Cl)cc2Cl)cc1Br. The largest absolute Gasteiger partial charge is 0.496 e. The number of carbonyl (C=O) groups is 1. The Labute approximate surface area is 157 Å². The summed E-state index contributed by atoms with van der Waals surface area (Å²) in [5.74, 6) is 0.675. The minimum atomic E-state index is -0.412. The van der Waals surface area contributed by atoms with Crippen LogP contribution in [0, 0.1) is 0 Å². The van der Waals surface area contributed by atoms with Crippen LogP contribution in [0.25, 0.3) is 0 Å². The molecule has 0 bridgehead atoms. The van der Waals surface area contributed by atoms with Crippen molar-refractivity contribution >= 4 is 51.3 Å². The van der Waals surface area contributed by atoms with Crippen molar-refractivity contribution in [2.45, 2.75) is 0 Å². The van der Waals surface area contributed by atoms with E-state index in [0.29, 0.717) is 21.5 Å². The molecule has 0 unspecified atom stereocenters. The number of halogens is 3. The van der Waals surface area contributed by atoms with E-state index < -0.39 is 5.91 Å². The zero-order chi connectivity index (χ0) is 17.5. The van der Waals surface area contributed by atoms with Crippen LogP contribution in [0.15, 0.2) is 46.0 Å². The molecule has 126 valence electrons. The molecule has 1 amide bonds. The second-order valence-electron chi connectivity index (χ2n) is 4.55. The van der Waals surface area contributed by atoms with Crippen molar-refractivity contribution in [1.82, 2.24) is 5.43 Å². The molecule has 0 aliphatic carbocycles. The quantitative estimate of drug-likeness (QED) is 0.548. The minimum Gasteiger partial charge on any atom is -0.496 e. The average molecular weight is 432 g/mol. The van der Waals surface area contributed by atoms with E-state index in [9.17, 15) is 4.79 Å². The van der Waals surface area contributed by atoms with Crippen molar-refractivity contribution in [3.8, 4) is 11.5 Å². The summed E-state index contributed by atoms with van der Waals surface area (Å²) in [6, 6.07) is 10.2. The highest BCUT2D eigenvalue weighted by Crippen LogP contribution is 2.27. The van der Waals surface area contributed by atoms with Crippen molar-refractivity contribution in [1.29, 1.82) is 0 Å². The molecular formula is C16H13BrCl2N2O3. The number of amides is 1. The minimum absolute atomic E-state index is 0.217. The zero-order valence-electron chi connectivity index (χ0n) is 12.6. The van der Waals surface area contributed by atoms with Gasteiger partial charge in [0.2, 0.25) is 0 Å². The third-order valence-electron chi connectivity index (χ3n) is 2.83. The van der Waals surface area contributed by atoms with Gasteiger partial charge in [-0.3, -0.25) is 4.79 Å². The van der Waals surface area contributed by atoms with E-state index in [1.54, 1.807) is 25.3 Å². The first kappa shape index (κ1) is 18.6. The predicted molar refractivity (Wildman–Crippen MR) is 98.4 cm³/mol. The molecular weight excluding hydrogens is 419 g/mol. The van der Waals surface area contributed by atoms with Crippen LogP contribution >= 0.6 is 39.1 Å². The Balaban J connectivity index is 1.85. The molecule has 24 heavy (non-hydrogen) atoms. The van der Waals surface area contributed by atoms with E-state index in [0.717, 1.165) is 10.0 Å². The standard InChI is InChI=1S/C16H13BrCl2N2O3/c1-23-14-4-2-10(6-12(14)17)8-20-21-16(22)9-24-15-5-3-11(18)7-13(15)19/h2-8H,9H2,1H3,(H,21,22). The second-order valence-corrected chi connectivity index (χ2v) is 6.25. The van der Waals surface area contributed by atoms with Gasteiger partial charge in [0.25, 0.3) is 5.91 Å². The lowest BCUT2D eigenvalue weighted by atomic mass is 10.2. The topological polar surface area (TPSA) is 59.9 Å². The van der Waals surface area contributed by atoms with Gasteiger partial charge < -0.3 is 9.47 Å². The van der Waals surface area contributed by atoms with Crippen LogP contribution < -0.4 is 14.9 Å². The highest BCUT2D eigenvalue weighted by Gasteiger charge is 2.06. The van der Waals surface area contributed by atoms with Crippen LogP contribution in [0.3, 0.4) is 0 Å². The Kier molecular flexibility index (Phi) is 6.90. The van der Waals surface area contributed by atoms with Crippen LogP contribution in [0.5, 0.6) is 11.5 Å². The van der Waals surface area contributed by atoms with Gasteiger partial charge in [0.05, 0.1) is 22.8 Å². The summed E-state index contributed by atoms with van der Waals surface area (Å²) in [7, 11) is 1.58. The van der Waals surface area contributed by atoms with Crippen molar-refractivity contribution < 1.29 is 14.3 Å². The third kappa shape index (κ3) is 5.40. The molecule has 8 heteroatoms. The zero-order valence-corrected chi connectivity index (χ0v) is 15.7. The van der Waals surface area contributed by atoms with Gasteiger partial charge in [-0.2, -0.15) is 5.10 Å². The van der Waals surface area contributed by atoms with Crippen LogP contribution in [-0.4, -0.2) is 25.8 Å². The number of hydrogen-bond donors (Lipinski definition) is 1. The highest BCUT2D eigenvalue weighted by atomic mass is 79.9. The summed E-state index contributed by atoms with van der Waals surface area (Å²) < 4.78 is 11.2. The van der Waals surface area contributed by atoms with Crippen molar-refractivity contribution in [3.05, 3.63) is 56.5 Å². The Morgan fingerprint density at radius 2 is 2.00 bits per heavy atom. The van der Waals surface area contributed by atoms with Gasteiger partial charge in [-0.25, -0.2) is 5.43 Å². The maximum Gasteiger partial charge on any atom is 0.277 e. The fraction of sp³-hybridized carbons (Fsp3) is 0.125. The van der Waals surface area contributed by atoms with E-state index in [1.165, 1.54) is 12.3 Å². The average Bonchev–Trinajstić information content (AvgIpc) is 2.54. The molecule has 0 aromatic heterocycles. The Morgan fingerprint density at radius 3 is 2.67 bits per heavy atom. The fourth-order valence-electron chi connectivity index (χ4n) is 1.71. The number of hydrogen-bond acceptors (Lipinski definition) is 4. The molecule has 0 fully saturated rings. The Hall–Kier alpha value is -1.76. The number of methoxy groups -OCH3 is 1. The molecule has 2 aromatic rings. The number of carbonyl (C=O) groups excluding carboxylic acids is 1. The van der Waals surface area contributed by atoms with Gasteiger partial charge in [0.1, 0.15) is 11.5 Å². The monoisotopic (exact) mass is 430 g/mol. The molecule has 2 rings (SSSR count). The van der Waals surface area contributed by atoms with Crippen LogP contribution in [0.1, 0.15) is 5.56 Å². The van der Waals surface area contributed by atoms with Gasteiger partial charge in [-0.15, -0.1) is 0 Å². The maximum absolute atomic E-state index is 11.7. The molecule has 0 radical (unpaired) electrons. The summed E-state index contributed by atoms with van der Waals surface area (Å²) >= 11 is 15.1. The molecule has 5 nitrogen and oxygen atoms in total. The molecule has 0 heterocycles. The first-order valence-corrected chi connectivity index (χ1v) is 8.28. The molecule has 0 atom stereocenters. The van der Waals surface area contributed by atoms with E-state index >= 15 is 0 Å². The van der Waals surface area contributed by atoms with E-state index in [-0.39, 0.29) is 6.61 Å². The molecule has 0 aliphatic rings. The van der Waals surface area contributed by atoms with Crippen molar-refractivity contribution in [2.24, 2.45) is 5.10 Å². The fourth-order valence-corrected chi connectivity index (χ4v) is 2.73. The van der Waals surface area contributed by atoms with Crippen LogP contribution in [0.2, 0.25) is 10.0 Å². The first-order valence-electron chi connectivity index (χ1n) is 6.73. The van der Waals surface area contributed by atoms with Gasteiger partial charge >= 0.3 is 0 Å². The molecule has 2 aromatic carbocycles. The lowest BCUT2D eigenvalue weighted by Crippen LogP contribution is -2.24. The number of nitrogens with zero attached hydrogens (tertiary/aromatic N) is 1. The lowest BCUT2D eigenvalue weighted by molar-refractivity contribution is -0.123. The molecule has 0 aliphatic heterocycles. The number of ether oxygens (including phenoxy) is 2. The summed E-state index contributed by atoms with van der Waals surface area (Å²) in [6.07, 6.45) is 1.51. The normalized spacial score (nSPS) is 10.7. The number of nitrogens with one attached hydrogen (secondary N) is 1.